The summed E-state index contributed by atoms with van der Waals surface area (Å²) in [5.41, 5.74) is 1.85. The van der Waals surface area contributed by atoms with E-state index in [2.05, 4.69) is 35.5 Å². The molecule has 212 valence electrons. The van der Waals surface area contributed by atoms with Gasteiger partial charge in [0.2, 0.25) is 5.95 Å². The number of rotatable bonds is 7. The largest absolute Gasteiger partial charge is 0.417 e. The summed E-state index contributed by atoms with van der Waals surface area (Å²) in [6, 6.07) is 11.9. The second-order valence-electron chi connectivity index (χ2n) is 9.65. The Hall–Kier alpha value is -4.42. The number of carbonyl (C=O) groups excluding carboxylic acids is 1. The van der Waals surface area contributed by atoms with E-state index in [1.165, 1.54) is 29.4 Å². The smallest absolute Gasteiger partial charge is 0.324 e. The maximum absolute atomic E-state index is 14.0. The fraction of sp³-hybridized carbons (Fsp3) is 0.276. The monoisotopic (exact) mass is 562 g/mol. The standard InChI is InChI=1S/C29H29F3N8O/c1-19-7-8-22(15-26(19)38-28-36-10-9-25(37-28)21-16-34-18-35-17-21)40(20(2)39-13-11-33-12-14-39)27(41)23-5-3-4-6-24(23)29(30,31)32/h3-10,15-18,20,33H,11-14H2,1-2H3,(H,36,37,38). The first-order valence-electron chi connectivity index (χ1n) is 13.1. The van der Waals surface area contributed by atoms with Crippen molar-refractivity contribution >= 4 is 23.2 Å². The molecule has 0 aliphatic carbocycles. The van der Waals surface area contributed by atoms with Crippen LogP contribution in [0.2, 0.25) is 0 Å². The van der Waals surface area contributed by atoms with Crippen molar-refractivity contribution in [3.05, 3.63) is 90.1 Å². The molecule has 1 amide bonds. The lowest BCUT2D eigenvalue weighted by Gasteiger charge is -2.40. The number of benzene rings is 2. The fourth-order valence-corrected chi connectivity index (χ4v) is 4.79. The average molecular weight is 563 g/mol. The van der Waals surface area contributed by atoms with Crippen molar-refractivity contribution in [2.45, 2.75) is 26.2 Å². The minimum absolute atomic E-state index is 0.307. The van der Waals surface area contributed by atoms with Gasteiger partial charge in [-0.15, -0.1) is 0 Å². The van der Waals surface area contributed by atoms with Crippen LogP contribution >= 0.6 is 0 Å². The van der Waals surface area contributed by atoms with E-state index in [0.717, 1.165) is 11.6 Å². The van der Waals surface area contributed by atoms with E-state index in [4.69, 9.17) is 0 Å². The van der Waals surface area contributed by atoms with Gasteiger partial charge in [0.05, 0.1) is 23.0 Å². The van der Waals surface area contributed by atoms with Gasteiger partial charge in [-0.1, -0.05) is 18.2 Å². The van der Waals surface area contributed by atoms with Crippen LogP contribution in [-0.2, 0) is 6.18 Å². The van der Waals surface area contributed by atoms with Gasteiger partial charge in [0, 0.05) is 61.7 Å². The second kappa shape index (κ2) is 12.0. The summed E-state index contributed by atoms with van der Waals surface area (Å²) in [6.07, 6.45) is 1.13. The third-order valence-corrected chi connectivity index (χ3v) is 6.99. The summed E-state index contributed by atoms with van der Waals surface area (Å²) in [5, 5.41) is 6.48. The molecule has 1 aliphatic rings. The van der Waals surface area contributed by atoms with Crippen LogP contribution in [0, 0.1) is 6.92 Å². The molecule has 0 saturated carbocycles. The van der Waals surface area contributed by atoms with Crippen molar-refractivity contribution in [1.82, 2.24) is 30.2 Å². The van der Waals surface area contributed by atoms with Gasteiger partial charge in [-0.25, -0.2) is 19.9 Å². The Labute approximate surface area is 235 Å². The lowest BCUT2D eigenvalue weighted by Crippen LogP contribution is -2.55. The van der Waals surface area contributed by atoms with Crippen LogP contribution in [0.1, 0.15) is 28.4 Å². The number of halogens is 3. The summed E-state index contributed by atoms with van der Waals surface area (Å²) in [5.74, 6) is -0.428. The van der Waals surface area contributed by atoms with E-state index in [1.807, 2.05) is 19.9 Å². The van der Waals surface area contributed by atoms with Crippen molar-refractivity contribution in [2.24, 2.45) is 0 Å². The number of carbonyl (C=O) groups is 1. The first-order chi connectivity index (χ1) is 19.7. The Balaban J connectivity index is 1.53. The molecule has 3 heterocycles. The number of alkyl halides is 3. The molecule has 4 aromatic rings. The summed E-state index contributed by atoms with van der Waals surface area (Å²) in [4.78, 5) is 34.4. The maximum Gasteiger partial charge on any atom is 0.417 e. The predicted octanol–water partition coefficient (Wildman–Crippen LogP) is 4.90. The molecule has 2 aromatic heterocycles. The van der Waals surface area contributed by atoms with E-state index in [-0.39, 0.29) is 0 Å². The highest BCUT2D eigenvalue weighted by atomic mass is 19.4. The van der Waals surface area contributed by atoms with Crippen LogP contribution in [0.3, 0.4) is 0 Å². The van der Waals surface area contributed by atoms with Gasteiger partial charge in [-0.2, -0.15) is 13.2 Å². The van der Waals surface area contributed by atoms with Gasteiger partial charge in [-0.05, 0) is 49.7 Å². The number of aromatic nitrogens is 4. The van der Waals surface area contributed by atoms with Gasteiger partial charge >= 0.3 is 6.18 Å². The van der Waals surface area contributed by atoms with Gasteiger partial charge in [-0.3, -0.25) is 14.6 Å². The minimum Gasteiger partial charge on any atom is -0.324 e. The zero-order chi connectivity index (χ0) is 29.0. The Bertz CT molecular complexity index is 1510. The van der Waals surface area contributed by atoms with Crippen molar-refractivity contribution < 1.29 is 18.0 Å². The highest BCUT2D eigenvalue weighted by Gasteiger charge is 2.38. The number of aryl methyl sites for hydroxylation is 1. The molecule has 1 unspecified atom stereocenters. The SMILES string of the molecule is Cc1ccc(N(C(=O)c2ccccc2C(F)(F)F)C(C)N2CCNCC2)cc1Nc1nccc(-c2cncnc2)n1. The molecule has 1 fully saturated rings. The van der Waals surface area contributed by atoms with Gasteiger partial charge in [0.15, 0.2) is 0 Å². The number of anilines is 3. The number of hydrogen-bond acceptors (Lipinski definition) is 8. The molecular weight excluding hydrogens is 533 g/mol. The van der Waals surface area contributed by atoms with Crippen LogP contribution in [0.5, 0.6) is 0 Å². The fourth-order valence-electron chi connectivity index (χ4n) is 4.79. The normalized spacial score (nSPS) is 14.9. The van der Waals surface area contributed by atoms with Crippen molar-refractivity contribution in [3.63, 3.8) is 0 Å². The molecule has 0 spiro atoms. The molecular formula is C29H29F3N8O. The summed E-state index contributed by atoms with van der Waals surface area (Å²) in [7, 11) is 0. The quantitative estimate of drug-likeness (QED) is 0.328. The van der Waals surface area contributed by atoms with E-state index >= 15 is 0 Å². The molecule has 2 N–H and O–H groups in total. The van der Waals surface area contributed by atoms with E-state index in [1.54, 1.807) is 36.8 Å². The maximum atomic E-state index is 14.0. The van der Waals surface area contributed by atoms with Gasteiger partial charge < -0.3 is 10.6 Å². The summed E-state index contributed by atoms with van der Waals surface area (Å²) in [6.45, 7) is 6.44. The van der Waals surface area contributed by atoms with Crippen LogP contribution in [-0.4, -0.2) is 63.1 Å². The highest BCUT2D eigenvalue weighted by molar-refractivity contribution is 6.07. The Morgan fingerprint density at radius 2 is 1.80 bits per heavy atom. The highest BCUT2D eigenvalue weighted by Crippen LogP contribution is 2.35. The average Bonchev–Trinajstić information content (AvgIpc) is 2.99. The van der Waals surface area contributed by atoms with Gasteiger partial charge in [0.25, 0.3) is 5.91 Å². The number of nitrogens with zero attached hydrogens (tertiary/aromatic N) is 6. The zero-order valence-corrected chi connectivity index (χ0v) is 22.6. The lowest BCUT2D eigenvalue weighted by molar-refractivity contribution is -0.137. The summed E-state index contributed by atoms with van der Waals surface area (Å²) >= 11 is 0. The first-order valence-corrected chi connectivity index (χ1v) is 13.1. The van der Waals surface area contributed by atoms with E-state index in [0.29, 0.717) is 54.8 Å². The molecule has 1 atom stereocenters. The Kier molecular flexibility index (Phi) is 8.22. The van der Waals surface area contributed by atoms with Crippen LogP contribution in [0.25, 0.3) is 11.3 Å². The molecule has 41 heavy (non-hydrogen) atoms. The predicted molar refractivity (Wildman–Crippen MR) is 150 cm³/mol. The molecule has 0 bridgehead atoms. The van der Waals surface area contributed by atoms with E-state index in [9.17, 15) is 18.0 Å². The first kappa shape index (κ1) is 28.1. The zero-order valence-electron chi connectivity index (χ0n) is 22.6. The third kappa shape index (κ3) is 6.34. The van der Waals surface area contributed by atoms with E-state index < -0.39 is 29.4 Å². The van der Waals surface area contributed by atoms with Crippen LogP contribution < -0.4 is 15.5 Å². The molecule has 0 radical (unpaired) electrons. The second-order valence-corrected chi connectivity index (χ2v) is 9.65. The van der Waals surface area contributed by atoms with Crippen molar-refractivity contribution in [3.8, 4) is 11.3 Å². The molecule has 1 aliphatic heterocycles. The molecule has 2 aromatic carbocycles. The topological polar surface area (TPSA) is 99.2 Å². The molecule has 12 heteroatoms. The minimum atomic E-state index is -4.68. The molecule has 5 rings (SSSR count). The number of nitrogens with one attached hydrogen (secondary N) is 2. The van der Waals surface area contributed by atoms with Gasteiger partial charge in [0.1, 0.15) is 6.33 Å². The Morgan fingerprint density at radius 3 is 2.54 bits per heavy atom. The van der Waals surface area contributed by atoms with Crippen molar-refractivity contribution in [1.29, 1.82) is 0 Å². The Morgan fingerprint density at radius 1 is 1.07 bits per heavy atom. The van der Waals surface area contributed by atoms with Crippen LogP contribution in [0.15, 0.2) is 73.4 Å². The third-order valence-electron chi connectivity index (χ3n) is 6.99. The molecule has 9 nitrogen and oxygen atoms in total. The van der Waals surface area contributed by atoms with Crippen molar-refractivity contribution in [2.75, 3.05) is 36.4 Å². The lowest BCUT2D eigenvalue weighted by atomic mass is 10.0. The number of amides is 1. The summed E-state index contributed by atoms with van der Waals surface area (Å²) < 4.78 is 41.8. The number of hydrogen-bond donors (Lipinski definition) is 2. The number of piperazine rings is 1. The molecule has 1 saturated heterocycles. The van der Waals surface area contributed by atoms with Crippen LogP contribution in [0.4, 0.5) is 30.5 Å².